The van der Waals surface area contributed by atoms with Crippen molar-refractivity contribution in [2.45, 2.75) is 19.4 Å². The predicted octanol–water partition coefficient (Wildman–Crippen LogP) is 3.37. The Morgan fingerprint density at radius 2 is 1.95 bits per heavy atom. The molecular formula is C17H19ClN2O2. The van der Waals surface area contributed by atoms with Crippen molar-refractivity contribution in [1.82, 2.24) is 5.32 Å². The van der Waals surface area contributed by atoms with E-state index < -0.39 is 12.1 Å². The van der Waals surface area contributed by atoms with E-state index >= 15 is 0 Å². The Morgan fingerprint density at radius 1 is 1.23 bits per heavy atom. The molecule has 2 amide bonds. The van der Waals surface area contributed by atoms with Gasteiger partial charge in [-0.2, -0.15) is 0 Å². The molecule has 2 aromatic carbocycles. The van der Waals surface area contributed by atoms with Gasteiger partial charge in [-0.15, -0.1) is 0 Å². The summed E-state index contributed by atoms with van der Waals surface area (Å²) >= 11 is 6.05. The molecule has 1 unspecified atom stereocenters. The average Bonchev–Trinajstić information content (AvgIpc) is 2.49. The lowest BCUT2D eigenvalue weighted by atomic mass is 10.1. The number of hydrogen-bond donors (Lipinski definition) is 3. The first-order valence-electron chi connectivity index (χ1n) is 7.07. The summed E-state index contributed by atoms with van der Waals surface area (Å²) in [7, 11) is 0. The van der Waals surface area contributed by atoms with E-state index in [4.69, 9.17) is 11.6 Å². The van der Waals surface area contributed by atoms with E-state index in [0.717, 1.165) is 11.1 Å². The third-order valence-electron chi connectivity index (χ3n) is 3.19. The van der Waals surface area contributed by atoms with Crippen molar-refractivity contribution < 1.29 is 9.90 Å². The minimum atomic E-state index is -0.637. The maximum Gasteiger partial charge on any atom is 0.319 e. The number of aryl methyl sites for hydroxylation is 1. The van der Waals surface area contributed by atoms with Crippen LogP contribution in [0.3, 0.4) is 0 Å². The molecule has 3 N–H and O–H groups in total. The van der Waals surface area contributed by atoms with Gasteiger partial charge in [-0.05, 0) is 30.2 Å². The highest BCUT2D eigenvalue weighted by Gasteiger charge is 2.09. The standard InChI is InChI=1S/C17H19ClN2O2/c1-12-7-8-16(15(18)9-12)20-17(22)19-11-14(21)10-13-5-3-2-4-6-13/h2-9,14,21H,10-11H2,1H3,(H2,19,20,22). The Balaban J connectivity index is 1.80. The largest absolute Gasteiger partial charge is 0.391 e. The van der Waals surface area contributed by atoms with Gasteiger partial charge in [-0.3, -0.25) is 0 Å². The second-order valence-electron chi connectivity index (χ2n) is 5.16. The number of aliphatic hydroxyl groups is 1. The SMILES string of the molecule is Cc1ccc(NC(=O)NCC(O)Cc2ccccc2)c(Cl)c1. The number of amides is 2. The van der Waals surface area contributed by atoms with Gasteiger partial charge in [0.05, 0.1) is 16.8 Å². The summed E-state index contributed by atoms with van der Waals surface area (Å²) in [5.41, 5.74) is 2.59. The van der Waals surface area contributed by atoms with E-state index in [0.29, 0.717) is 17.1 Å². The van der Waals surface area contributed by atoms with E-state index in [2.05, 4.69) is 10.6 Å². The Morgan fingerprint density at radius 3 is 2.64 bits per heavy atom. The highest BCUT2D eigenvalue weighted by molar-refractivity contribution is 6.33. The molecular weight excluding hydrogens is 300 g/mol. The topological polar surface area (TPSA) is 61.4 Å². The molecule has 116 valence electrons. The van der Waals surface area contributed by atoms with Crippen LogP contribution in [0.4, 0.5) is 10.5 Å². The lowest BCUT2D eigenvalue weighted by Gasteiger charge is -2.13. The molecule has 0 fully saturated rings. The minimum absolute atomic E-state index is 0.171. The van der Waals surface area contributed by atoms with Crippen LogP contribution in [-0.4, -0.2) is 23.8 Å². The Kier molecular flexibility index (Phi) is 5.81. The van der Waals surface area contributed by atoms with Gasteiger partial charge in [-0.1, -0.05) is 48.0 Å². The highest BCUT2D eigenvalue weighted by Crippen LogP contribution is 2.22. The first-order valence-corrected chi connectivity index (χ1v) is 7.45. The van der Waals surface area contributed by atoms with Crippen LogP contribution in [0.5, 0.6) is 0 Å². The monoisotopic (exact) mass is 318 g/mol. The highest BCUT2D eigenvalue weighted by atomic mass is 35.5. The molecule has 0 heterocycles. The van der Waals surface area contributed by atoms with Crippen molar-refractivity contribution >= 4 is 23.3 Å². The Hall–Kier alpha value is -2.04. The van der Waals surface area contributed by atoms with E-state index in [1.165, 1.54) is 0 Å². The number of carbonyl (C=O) groups excluding carboxylic acids is 1. The lowest BCUT2D eigenvalue weighted by Crippen LogP contribution is -2.36. The summed E-state index contributed by atoms with van der Waals surface area (Å²) in [4.78, 5) is 11.8. The van der Waals surface area contributed by atoms with Crippen LogP contribution in [-0.2, 0) is 6.42 Å². The average molecular weight is 319 g/mol. The molecule has 0 aliphatic heterocycles. The zero-order valence-corrected chi connectivity index (χ0v) is 13.1. The lowest BCUT2D eigenvalue weighted by molar-refractivity contribution is 0.172. The fourth-order valence-electron chi connectivity index (χ4n) is 2.06. The summed E-state index contributed by atoms with van der Waals surface area (Å²) in [6.45, 7) is 2.10. The first-order chi connectivity index (χ1) is 10.5. The first kappa shape index (κ1) is 16.3. The van der Waals surface area contributed by atoms with Gasteiger partial charge in [0.2, 0.25) is 0 Å². The van der Waals surface area contributed by atoms with Crippen LogP contribution < -0.4 is 10.6 Å². The number of halogens is 1. The summed E-state index contributed by atoms with van der Waals surface area (Å²) in [6, 6.07) is 14.6. The zero-order chi connectivity index (χ0) is 15.9. The van der Waals surface area contributed by atoms with Crippen molar-refractivity contribution in [3.05, 3.63) is 64.7 Å². The number of urea groups is 1. The Bertz CT molecular complexity index is 632. The maximum atomic E-state index is 11.8. The van der Waals surface area contributed by atoms with Gasteiger partial charge < -0.3 is 15.7 Å². The molecule has 5 heteroatoms. The molecule has 1 atom stereocenters. The van der Waals surface area contributed by atoms with Crippen LogP contribution in [0.15, 0.2) is 48.5 Å². The van der Waals surface area contributed by atoms with Crippen molar-refractivity contribution in [3.63, 3.8) is 0 Å². The number of benzene rings is 2. The molecule has 0 saturated heterocycles. The van der Waals surface area contributed by atoms with E-state index in [1.54, 1.807) is 12.1 Å². The second kappa shape index (κ2) is 7.82. The van der Waals surface area contributed by atoms with Crippen molar-refractivity contribution in [2.24, 2.45) is 0 Å². The van der Waals surface area contributed by atoms with Crippen LogP contribution in [0, 0.1) is 6.92 Å². The minimum Gasteiger partial charge on any atom is -0.391 e. The number of carbonyl (C=O) groups is 1. The van der Waals surface area contributed by atoms with Gasteiger partial charge in [0.25, 0.3) is 0 Å². The number of anilines is 1. The van der Waals surface area contributed by atoms with Crippen molar-refractivity contribution in [1.29, 1.82) is 0 Å². The smallest absolute Gasteiger partial charge is 0.319 e. The number of rotatable bonds is 5. The van der Waals surface area contributed by atoms with Gasteiger partial charge in [0.1, 0.15) is 0 Å². The number of aliphatic hydroxyl groups excluding tert-OH is 1. The van der Waals surface area contributed by atoms with Gasteiger partial charge in [0, 0.05) is 13.0 Å². The summed E-state index contributed by atoms with van der Waals surface area (Å²) in [5, 5.41) is 15.7. The molecule has 0 aromatic heterocycles. The zero-order valence-electron chi connectivity index (χ0n) is 12.3. The summed E-state index contributed by atoms with van der Waals surface area (Å²) < 4.78 is 0. The second-order valence-corrected chi connectivity index (χ2v) is 5.57. The third-order valence-corrected chi connectivity index (χ3v) is 3.50. The maximum absolute atomic E-state index is 11.8. The van der Waals surface area contributed by atoms with E-state index in [1.807, 2.05) is 43.3 Å². The predicted molar refractivity (Wildman–Crippen MR) is 89.4 cm³/mol. The Labute approximate surface area is 135 Å². The number of hydrogen-bond acceptors (Lipinski definition) is 2. The van der Waals surface area contributed by atoms with E-state index in [-0.39, 0.29) is 6.54 Å². The van der Waals surface area contributed by atoms with E-state index in [9.17, 15) is 9.90 Å². The molecule has 2 aromatic rings. The fraction of sp³-hybridized carbons (Fsp3) is 0.235. The molecule has 0 spiro atoms. The summed E-state index contributed by atoms with van der Waals surface area (Å²) in [6.07, 6.45) is -0.145. The molecule has 0 bridgehead atoms. The molecule has 0 radical (unpaired) electrons. The van der Waals surface area contributed by atoms with Crippen molar-refractivity contribution in [3.8, 4) is 0 Å². The number of nitrogens with one attached hydrogen (secondary N) is 2. The van der Waals surface area contributed by atoms with Gasteiger partial charge in [-0.25, -0.2) is 4.79 Å². The normalized spacial score (nSPS) is 11.8. The van der Waals surface area contributed by atoms with Crippen LogP contribution >= 0.6 is 11.6 Å². The molecule has 0 aliphatic rings. The molecule has 2 rings (SSSR count). The molecule has 0 saturated carbocycles. The van der Waals surface area contributed by atoms with Crippen LogP contribution in [0.25, 0.3) is 0 Å². The molecule has 4 nitrogen and oxygen atoms in total. The van der Waals surface area contributed by atoms with Gasteiger partial charge in [0.15, 0.2) is 0 Å². The van der Waals surface area contributed by atoms with Gasteiger partial charge >= 0.3 is 6.03 Å². The summed E-state index contributed by atoms with van der Waals surface area (Å²) in [5.74, 6) is 0. The van der Waals surface area contributed by atoms with Crippen molar-refractivity contribution in [2.75, 3.05) is 11.9 Å². The van der Waals surface area contributed by atoms with Crippen LogP contribution in [0.2, 0.25) is 5.02 Å². The molecule has 0 aliphatic carbocycles. The van der Waals surface area contributed by atoms with Crippen LogP contribution in [0.1, 0.15) is 11.1 Å². The molecule has 22 heavy (non-hydrogen) atoms. The quantitative estimate of drug-likeness (QED) is 0.791. The fourth-order valence-corrected chi connectivity index (χ4v) is 2.34. The third kappa shape index (κ3) is 5.06.